The Balaban J connectivity index is 1.88. The number of imidazole rings is 1. The molecule has 0 saturated carbocycles. The van der Waals surface area contributed by atoms with Crippen LogP contribution < -0.4 is 0 Å². The maximum Gasteiger partial charge on any atom is 0.228 e. The van der Waals surface area contributed by atoms with E-state index in [2.05, 4.69) is 14.9 Å². The SMILES string of the molecule is CCS(=O)(=O)c1ncc(CN(C)Cc2cccnc2)n1Cc1ccccc1. The van der Waals surface area contributed by atoms with Crippen LogP contribution >= 0.6 is 0 Å². The molecule has 0 bridgehead atoms. The second-order valence-corrected chi connectivity index (χ2v) is 8.71. The number of benzene rings is 1. The molecule has 1 aromatic carbocycles. The molecule has 3 aromatic rings. The summed E-state index contributed by atoms with van der Waals surface area (Å²) < 4.78 is 26.8. The average Bonchev–Trinajstić information content (AvgIpc) is 3.06. The first-order chi connectivity index (χ1) is 13.0. The van der Waals surface area contributed by atoms with Crippen molar-refractivity contribution in [3.05, 3.63) is 77.9 Å². The summed E-state index contributed by atoms with van der Waals surface area (Å²) in [4.78, 5) is 10.5. The van der Waals surface area contributed by atoms with Crippen molar-refractivity contribution in [1.82, 2.24) is 19.4 Å². The Morgan fingerprint density at radius 3 is 2.41 bits per heavy atom. The van der Waals surface area contributed by atoms with Crippen LogP contribution in [0.4, 0.5) is 0 Å². The van der Waals surface area contributed by atoms with Crippen LogP contribution in [0, 0.1) is 0 Å². The molecule has 0 unspecified atom stereocenters. The zero-order valence-electron chi connectivity index (χ0n) is 15.6. The molecule has 0 aliphatic rings. The molecule has 0 atom stereocenters. The second kappa shape index (κ2) is 8.45. The van der Waals surface area contributed by atoms with Gasteiger partial charge in [0, 0.05) is 25.5 Å². The first kappa shape index (κ1) is 19.3. The van der Waals surface area contributed by atoms with E-state index in [1.807, 2.05) is 60.3 Å². The van der Waals surface area contributed by atoms with Gasteiger partial charge in [-0.05, 0) is 24.2 Å². The maximum absolute atomic E-state index is 12.5. The normalized spacial score (nSPS) is 11.8. The molecule has 0 aliphatic carbocycles. The summed E-state index contributed by atoms with van der Waals surface area (Å²) in [7, 11) is -1.40. The third-order valence-electron chi connectivity index (χ3n) is 4.35. The Hall–Kier alpha value is -2.51. The molecule has 2 aromatic heterocycles. The van der Waals surface area contributed by atoms with Crippen LogP contribution in [-0.2, 0) is 29.5 Å². The molecule has 0 amide bonds. The van der Waals surface area contributed by atoms with Crippen molar-refractivity contribution in [2.24, 2.45) is 0 Å². The van der Waals surface area contributed by atoms with Gasteiger partial charge in [0.15, 0.2) is 0 Å². The zero-order valence-corrected chi connectivity index (χ0v) is 16.4. The minimum atomic E-state index is -3.40. The van der Waals surface area contributed by atoms with Crippen molar-refractivity contribution >= 4 is 9.84 Å². The molecule has 0 saturated heterocycles. The van der Waals surface area contributed by atoms with Crippen molar-refractivity contribution in [2.75, 3.05) is 12.8 Å². The van der Waals surface area contributed by atoms with Crippen molar-refractivity contribution in [2.45, 2.75) is 31.7 Å². The van der Waals surface area contributed by atoms with Gasteiger partial charge >= 0.3 is 0 Å². The minimum Gasteiger partial charge on any atom is -0.313 e. The van der Waals surface area contributed by atoms with E-state index >= 15 is 0 Å². The third-order valence-corrected chi connectivity index (χ3v) is 5.99. The van der Waals surface area contributed by atoms with E-state index in [9.17, 15) is 8.42 Å². The summed E-state index contributed by atoms with van der Waals surface area (Å²) in [5, 5.41) is 0.138. The predicted octanol–water partition coefficient (Wildman–Crippen LogP) is 2.75. The molecular formula is C20H24N4O2S. The quantitative estimate of drug-likeness (QED) is 0.597. The van der Waals surface area contributed by atoms with Crippen LogP contribution in [0.2, 0.25) is 0 Å². The van der Waals surface area contributed by atoms with Gasteiger partial charge in [-0.1, -0.05) is 43.3 Å². The molecule has 2 heterocycles. The summed E-state index contributed by atoms with van der Waals surface area (Å²) in [6.45, 7) is 3.44. The number of rotatable bonds is 8. The highest BCUT2D eigenvalue weighted by Crippen LogP contribution is 2.18. The topological polar surface area (TPSA) is 68.1 Å². The van der Waals surface area contributed by atoms with Gasteiger partial charge in [-0.25, -0.2) is 13.4 Å². The van der Waals surface area contributed by atoms with Crippen molar-refractivity contribution in [3.63, 3.8) is 0 Å². The van der Waals surface area contributed by atoms with E-state index in [0.29, 0.717) is 13.1 Å². The monoisotopic (exact) mass is 384 g/mol. The molecule has 0 N–H and O–H groups in total. The highest BCUT2D eigenvalue weighted by Gasteiger charge is 2.22. The fourth-order valence-corrected chi connectivity index (χ4v) is 3.96. The summed E-state index contributed by atoms with van der Waals surface area (Å²) in [5.74, 6) is 0.0315. The number of hydrogen-bond acceptors (Lipinski definition) is 5. The van der Waals surface area contributed by atoms with Crippen LogP contribution in [0.25, 0.3) is 0 Å². The Morgan fingerprint density at radius 1 is 1.00 bits per heavy atom. The van der Waals surface area contributed by atoms with Crippen LogP contribution in [0.15, 0.2) is 66.2 Å². The van der Waals surface area contributed by atoms with Gasteiger partial charge in [-0.3, -0.25) is 9.88 Å². The van der Waals surface area contributed by atoms with E-state index in [0.717, 1.165) is 23.4 Å². The van der Waals surface area contributed by atoms with Crippen LogP contribution in [0.5, 0.6) is 0 Å². The molecule has 0 spiro atoms. The Bertz CT molecular complexity index is 970. The number of sulfone groups is 1. The van der Waals surface area contributed by atoms with Crippen molar-refractivity contribution in [3.8, 4) is 0 Å². The van der Waals surface area contributed by atoms with Gasteiger partial charge in [0.2, 0.25) is 15.0 Å². The molecule has 0 aliphatic heterocycles. The van der Waals surface area contributed by atoms with Crippen LogP contribution in [0.1, 0.15) is 23.7 Å². The maximum atomic E-state index is 12.5. The lowest BCUT2D eigenvalue weighted by atomic mass is 10.2. The fraction of sp³-hybridized carbons (Fsp3) is 0.300. The highest BCUT2D eigenvalue weighted by molar-refractivity contribution is 7.91. The lowest BCUT2D eigenvalue weighted by Crippen LogP contribution is -2.21. The average molecular weight is 385 g/mol. The van der Waals surface area contributed by atoms with Gasteiger partial charge in [0.05, 0.1) is 24.2 Å². The zero-order chi connectivity index (χ0) is 19.3. The van der Waals surface area contributed by atoms with Crippen LogP contribution in [0.3, 0.4) is 0 Å². The van der Waals surface area contributed by atoms with E-state index in [-0.39, 0.29) is 10.9 Å². The molecule has 27 heavy (non-hydrogen) atoms. The fourth-order valence-electron chi connectivity index (χ4n) is 2.97. The number of hydrogen-bond donors (Lipinski definition) is 0. The lowest BCUT2D eigenvalue weighted by molar-refractivity contribution is 0.308. The van der Waals surface area contributed by atoms with Crippen molar-refractivity contribution in [1.29, 1.82) is 0 Å². The van der Waals surface area contributed by atoms with E-state index < -0.39 is 9.84 Å². The molecule has 0 radical (unpaired) electrons. The Morgan fingerprint density at radius 2 is 1.74 bits per heavy atom. The highest BCUT2D eigenvalue weighted by atomic mass is 32.2. The van der Waals surface area contributed by atoms with Gasteiger partial charge in [-0.2, -0.15) is 0 Å². The first-order valence-corrected chi connectivity index (χ1v) is 10.5. The van der Waals surface area contributed by atoms with Gasteiger partial charge in [0.1, 0.15) is 0 Å². The number of pyridine rings is 1. The summed E-state index contributed by atoms with van der Waals surface area (Å²) in [6, 6.07) is 13.8. The minimum absolute atomic E-state index is 0.0315. The smallest absolute Gasteiger partial charge is 0.228 e. The number of nitrogens with zero attached hydrogens (tertiary/aromatic N) is 4. The van der Waals surface area contributed by atoms with Crippen molar-refractivity contribution < 1.29 is 8.42 Å². The molecule has 142 valence electrons. The standard InChI is InChI=1S/C20H24N4O2S/c1-3-27(25,26)20-22-13-19(24(20)15-17-8-5-4-6-9-17)16-23(2)14-18-10-7-11-21-12-18/h4-13H,3,14-16H2,1-2H3. The van der Waals surface area contributed by atoms with Gasteiger partial charge in [0.25, 0.3) is 0 Å². The van der Waals surface area contributed by atoms with E-state index in [1.54, 1.807) is 19.3 Å². The summed E-state index contributed by atoms with van der Waals surface area (Å²) in [6.07, 6.45) is 5.26. The third kappa shape index (κ3) is 4.81. The summed E-state index contributed by atoms with van der Waals surface area (Å²) >= 11 is 0. The second-order valence-electron chi connectivity index (χ2n) is 6.54. The molecule has 7 heteroatoms. The Kier molecular flexibility index (Phi) is 6.03. The molecular weight excluding hydrogens is 360 g/mol. The Labute approximate surface area is 160 Å². The van der Waals surface area contributed by atoms with E-state index in [1.165, 1.54) is 0 Å². The summed E-state index contributed by atoms with van der Waals surface area (Å²) in [5.41, 5.74) is 3.02. The van der Waals surface area contributed by atoms with Gasteiger partial charge in [-0.15, -0.1) is 0 Å². The lowest BCUT2D eigenvalue weighted by Gasteiger charge is -2.18. The predicted molar refractivity (Wildman–Crippen MR) is 105 cm³/mol. The van der Waals surface area contributed by atoms with Crippen LogP contribution in [-0.4, -0.2) is 40.7 Å². The molecule has 3 rings (SSSR count). The molecule has 0 fully saturated rings. The molecule has 6 nitrogen and oxygen atoms in total. The van der Waals surface area contributed by atoms with Gasteiger partial charge < -0.3 is 4.57 Å². The number of aromatic nitrogens is 3. The first-order valence-electron chi connectivity index (χ1n) is 8.88. The van der Waals surface area contributed by atoms with E-state index in [4.69, 9.17) is 0 Å². The largest absolute Gasteiger partial charge is 0.313 e.